The lowest BCUT2D eigenvalue weighted by Gasteiger charge is -2.20. The average Bonchev–Trinajstić information content (AvgIpc) is 2.96. The highest BCUT2D eigenvalue weighted by atomic mass is 35.5. The van der Waals surface area contributed by atoms with E-state index in [-0.39, 0.29) is 0 Å². The predicted molar refractivity (Wildman–Crippen MR) is 73.2 cm³/mol. The van der Waals surface area contributed by atoms with Crippen LogP contribution in [0.3, 0.4) is 0 Å². The number of nitrogens with one attached hydrogen (secondary N) is 1. The molecule has 0 amide bonds. The fraction of sp³-hybridized carbons (Fsp3) is 0.538. The highest BCUT2D eigenvalue weighted by Crippen LogP contribution is 2.29. The normalized spacial score (nSPS) is 23.7. The Labute approximate surface area is 111 Å². The lowest BCUT2D eigenvalue weighted by Crippen LogP contribution is -2.26. The van der Waals surface area contributed by atoms with E-state index in [1.54, 1.807) is 6.33 Å². The molecule has 0 saturated heterocycles. The first-order valence-electron chi connectivity index (χ1n) is 6.41. The smallest absolute Gasteiger partial charge is 0.157 e. The fourth-order valence-corrected chi connectivity index (χ4v) is 3.13. The number of halogens is 1. The molecule has 1 saturated carbocycles. The van der Waals surface area contributed by atoms with Crippen LogP contribution in [0.1, 0.15) is 24.8 Å². The quantitative estimate of drug-likeness (QED) is 0.867. The third-order valence-electron chi connectivity index (χ3n) is 3.71. The molecule has 0 aliphatic heterocycles. The number of alkyl halides is 1. The van der Waals surface area contributed by atoms with Gasteiger partial charge in [-0.15, -0.1) is 11.6 Å². The van der Waals surface area contributed by atoms with Gasteiger partial charge in [-0.25, -0.2) is 4.98 Å². The van der Waals surface area contributed by atoms with Gasteiger partial charge in [0, 0.05) is 11.9 Å². The summed E-state index contributed by atoms with van der Waals surface area (Å²) < 4.78 is 1.86. The molecule has 0 aromatic carbocycles. The Morgan fingerprint density at radius 3 is 3.17 bits per heavy atom. The summed E-state index contributed by atoms with van der Waals surface area (Å²) >= 11 is 6.02. The molecule has 1 N–H and O–H groups in total. The number of anilines is 1. The molecule has 2 unspecified atom stereocenters. The van der Waals surface area contributed by atoms with Gasteiger partial charge in [-0.05, 0) is 43.4 Å². The molecule has 0 bridgehead atoms. The fourth-order valence-electron chi connectivity index (χ4n) is 2.76. The molecule has 96 valence electrons. The first-order chi connectivity index (χ1) is 8.78. The van der Waals surface area contributed by atoms with Gasteiger partial charge in [0.05, 0.1) is 0 Å². The maximum absolute atomic E-state index is 6.02. The minimum atomic E-state index is 0.455. The van der Waals surface area contributed by atoms with Crippen molar-refractivity contribution in [2.45, 2.75) is 32.2 Å². The summed E-state index contributed by atoms with van der Waals surface area (Å²) in [6, 6.07) is 4.61. The first kappa shape index (κ1) is 11.8. The lowest BCUT2D eigenvalue weighted by molar-refractivity contribution is 0.559. The van der Waals surface area contributed by atoms with Gasteiger partial charge >= 0.3 is 0 Å². The second-order valence-corrected chi connectivity index (χ2v) is 5.35. The van der Waals surface area contributed by atoms with E-state index >= 15 is 0 Å². The molecule has 0 spiro atoms. The number of fused-ring (bicyclic) bond motifs is 1. The van der Waals surface area contributed by atoms with Crippen molar-refractivity contribution in [2.75, 3.05) is 11.2 Å². The molecule has 1 aliphatic carbocycles. The van der Waals surface area contributed by atoms with Gasteiger partial charge in [-0.2, -0.15) is 9.61 Å². The van der Waals surface area contributed by atoms with E-state index in [4.69, 9.17) is 11.6 Å². The minimum Gasteiger partial charge on any atom is -0.367 e. The summed E-state index contributed by atoms with van der Waals surface area (Å²) in [5.74, 6) is 2.31. The zero-order chi connectivity index (χ0) is 12.5. The van der Waals surface area contributed by atoms with Gasteiger partial charge in [0.1, 0.15) is 12.1 Å². The summed E-state index contributed by atoms with van der Waals surface area (Å²) in [7, 11) is 0. The van der Waals surface area contributed by atoms with Crippen LogP contribution in [0.5, 0.6) is 0 Å². The molecule has 0 radical (unpaired) electrons. The van der Waals surface area contributed by atoms with E-state index in [2.05, 4.69) is 28.4 Å². The van der Waals surface area contributed by atoms with Crippen LogP contribution in [0.4, 0.5) is 5.82 Å². The number of hydrogen-bond donors (Lipinski definition) is 1. The van der Waals surface area contributed by atoms with E-state index in [1.807, 2.05) is 10.6 Å². The molecule has 4 nitrogen and oxygen atoms in total. The molecule has 18 heavy (non-hydrogen) atoms. The number of aryl methyl sites for hydroxylation is 1. The maximum atomic E-state index is 6.02. The van der Waals surface area contributed by atoms with Crippen LogP contribution in [-0.2, 0) is 0 Å². The van der Waals surface area contributed by atoms with Crippen molar-refractivity contribution in [2.24, 2.45) is 5.92 Å². The summed E-state index contributed by atoms with van der Waals surface area (Å²) in [6.07, 6.45) is 5.24. The molecular formula is C13H17ClN4. The summed E-state index contributed by atoms with van der Waals surface area (Å²) in [5.41, 5.74) is 2.08. The van der Waals surface area contributed by atoms with Crippen molar-refractivity contribution < 1.29 is 0 Å². The maximum Gasteiger partial charge on any atom is 0.157 e. The molecule has 2 heterocycles. The lowest BCUT2D eigenvalue weighted by atomic mass is 10.1. The third-order valence-corrected chi connectivity index (χ3v) is 4.11. The van der Waals surface area contributed by atoms with Gasteiger partial charge in [0.15, 0.2) is 5.65 Å². The molecule has 3 rings (SSSR count). The zero-order valence-corrected chi connectivity index (χ0v) is 11.2. The van der Waals surface area contributed by atoms with Gasteiger partial charge < -0.3 is 5.32 Å². The first-order valence-corrected chi connectivity index (χ1v) is 6.94. The summed E-state index contributed by atoms with van der Waals surface area (Å²) in [4.78, 5) is 4.24. The van der Waals surface area contributed by atoms with Crippen LogP contribution in [0.25, 0.3) is 5.65 Å². The van der Waals surface area contributed by atoms with Crippen LogP contribution >= 0.6 is 11.6 Å². The van der Waals surface area contributed by atoms with Crippen molar-refractivity contribution >= 4 is 23.1 Å². The Kier molecular flexibility index (Phi) is 3.12. The monoisotopic (exact) mass is 264 g/mol. The van der Waals surface area contributed by atoms with Crippen molar-refractivity contribution in [3.8, 4) is 0 Å². The van der Waals surface area contributed by atoms with Gasteiger partial charge in [-0.1, -0.05) is 6.42 Å². The van der Waals surface area contributed by atoms with Crippen LogP contribution in [0.2, 0.25) is 0 Å². The minimum absolute atomic E-state index is 0.455. The largest absolute Gasteiger partial charge is 0.367 e. The second-order valence-electron chi connectivity index (χ2n) is 5.04. The summed E-state index contributed by atoms with van der Waals surface area (Å²) in [6.45, 7) is 2.08. The van der Waals surface area contributed by atoms with E-state index in [1.165, 1.54) is 24.8 Å². The molecule has 2 atom stereocenters. The number of pyridine rings is 1. The second kappa shape index (κ2) is 4.76. The molecule has 5 heteroatoms. The van der Waals surface area contributed by atoms with E-state index in [0.29, 0.717) is 12.0 Å². The van der Waals surface area contributed by atoms with E-state index < -0.39 is 0 Å². The third kappa shape index (κ3) is 2.05. The van der Waals surface area contributed by atoms with Crippen molar-refractivity contribution in [3.05, 3.63) is 24.0 Å². The van der Waals surface area contributed by atoms with E-state index in [0.717, 1.165) is 17.3 Å². The van der Waals surface area contributed by atoms with Crippen LogP contribution < -0.4 is 5.32 Å². The van der Waals surface area contributed by atoms with E-state index in [9.17, 15) is 0 Å². The van der Waals surface area contributed by atoms with Crippen LogP contribution in [0.15, 0.2) is 18.5 Å². The van der Waals surface area contributed by atoms with Gasteiger partial charge in [-0.3, -0.25) is 0 Å². The predicted octanol–water partition coefficient (Wildman–Crippen LogP) is 2.86. The van der Waals surface area contributed by atoms with Gasteiger partial charge in [0.25, 0.3) is 0 Å². The zero-order valence-electron chi connectivity index (χ0n) is 10.4. The average molecular weight is 265 g/mol. The molecule has 2 aromatic rings. The number of aromatic nitrogens is 3. The topological polar surface area (TPSA) is 42.2 Å². The number of rotatable bonds is 3. The molecule has 1 aliphatic rings. The Morgan fingerprint density at radius 2 is 2.33 bits per heavy atom. The molecule has 1 fully saturated rings. The highest BCUT2D eigenvalue weighted by molar-refractivity contribution is 6.18. The van der Waals surface area contributed by atoms with Crippen LogP contribution in [0, 0.1) is 12.8 Å². The van der Waals surface area contributed by atoms with Crippen molar-refractivity contribution in [1.82, 2.24) is 14.6 Å². The van der Waals surface area contributed by atoms with Crippen LogP contribution in [-0.4, -0.2) is 26.5 Å². The Hall–Kier alpha value is -1.29. The Balaban J connectivity index is 1.92. The van der Waals surface area contributed by atoms with Crippen molar-refractivity contribution in [3.63, 3.8) is 0 Å². The van der Waals surface area contributed by atoms with Gasteiger partial charge in [0.2, 0.25) is 0 Å². The summed E-state index contributed by atoms with van der Waals surface area (Å²) in [5, 5.41) is 7.85. The molecule has 2 aromatic heterocycles. The Bertz CT molecular complexity index is 551. The molecular weight excluding hydrogens is 248 g/mol. The van der Waals surface area contributed by atoms with Crippen molar-refractivity contribution in [1.29, 1.82) is 0 Å². The number of nitrogens with zero attached hydrogens (tertiary/aromatic N) is 3. The number of hydrogen-bond acceptors (Lipinski definition) is 3. The highest BCUT2D eigenvalue weighted by Gasteiger charge is 2.26. The SMILES string of the molecule is Cc1cc(NC2CCCC2CCl)n2ncnc2c1. The Morgan fingerprint density at radius 1 is 1.44 bits per heavy atom. The standard InChI is InChI=1S/C13H17ClN4/c1-9-5-12-15-8-16-18(12)13(6-9)17-11-4-2-3-10(11)7-14/h5-6,8,10-11,17H,2-4,7H2,1H3.